The van der Waals surface area contributed by atoms with Crippen molar-refractivity contribution in [1.29, 1.82) is 0 Å². The van der Waals surface area contributed by atoms with Gasteiger partial charge in [0, 0.05) is 23.7 Å². The van der Waals surface area contributed by atoms with Crippen LogP contribution in [0.4, 0.5) is 8.78 Å². The van der Waals surface area contributed by atoms with Gasteiger partial charge in [-0.1, -0.05) is 6.07 Å². The van der Waals surface area contributed by atoms with Crippen LogP contribution in [0.5, 0.6) is 0 Å². The summed E-state index contributed by atoms with van der Waals surface area (Å²) < 4.78 is 26.1. The van der Waals surface area contributed by atoms with Gasteiger partial charge in [0.15, 0.2) is 0 Å². The van der Waals surface area contributed by atoms with E-state index in [0.29, 0.717) is 12.1 Å². The molecule has 0 fully saturated rings. The molecule has 1 rings (SSSR count). The van der Waals surface area contributed by atoms with E-state index in [1.165, 1.54) is 12.1 Å². The van der Waals surface area contributed by atoms with Crippen molar-refractivity contribution < 1.29 is 8.78 Å². The van der Waals surface area contributed by atoms with E-state index >= 15 is 0 Å². The number of halogens is 2. The smallest absolute Gasteiger partial charge is 0.130 e. The minimum absolute atomic E-state index is 0.227. The summed E-state index contributed by atoms with van der Waals surface area (Å²) in [7, 11) is 1.90. The maximum absolute atomic E-state index is 13.4. The summed E-state index contributed by atoms with van der Waals surface area (Å²) in [6.45, 7) is 5.15. The molecule has 1 aromatic rings. The van der Waals surface area contributed by atoms with E-state index in [1.54, 1.807) is 0 Å². The highest BCUT2D eigenvalue weighted by molar-refractivity contribution is 5.18. The number of hydrogen-bond donors (Lipinski definition) is 1. The summed E-state index contributed by atoms with van der Waals surface area (Å²) in [6, 6.07) is 3.67. The van der Waals surface area contributed by atoms with Gasteiger partial charge in [-0.2, -0.15) is 0 Å². The molecule has 0 atom stereocenters. The molecule has 0 aliphatic carbocycles. The van der Waals surface area contributed by atoms with Crippen LogP contribution in [0, 0.1) is 11.6 Å². The van der Waals surface area contributed by atoms with Crippen LogP contribution >= 0.6 is 0 Å². The Morgan fingerprint density at radius 1 is 1.29 bits per heavy atom. The fourth-order valence-electron chi connectivity index (χ4n) is 1.50. The first-order valence-electron chi connectivity index (χ1n) is 5.69. The Morgan fingerprint density at radius 2 is 1.94 bits per heavy atom. The monoisotopic (exact) mass is 242 g/mol. The second kappa shape index (κ2) is 5.56. The molecule has 0 amide bonds. The molecule has 1 aromatic carbocycles. The van der Waals surface area contributed by atoms with Crippen molar-refractivity contribution in [3.63, 3.8) is 0 Å². The molecule has 0 aromatic heterocycles. The number of nitrogens with zero attached hydrogens (tertiary/aromatic N) is 1. The lowest BCUT2D eigenvalue weighted by Crippen LogP contribution is -2.36. The molecule has 4 heteroatoms. The predicted octanol–water partition coefficient (Wildman–Crippen LogP) is 2.52. The van der Waals surface area contributed by atoms with Crippen molar-refractivity contribution in [1.82, 2.24) is 4.90 Å². The molecule has 0 aliphatic rings. The molecule has 0 saturated carbocycles. The van der Waals surface area contributed by atoms with Crippen LogP contribution in [-0.4, -0.2) is 24.0 Å². The summed E-state index contributed by atoms with van der Waals surface area (Å²) in [6.07, 6.45) is 0.826. The SMILES string of the molecule is CN(CCC(C)(C)N)Cc1ccc(F)cc1F. The predicted molar refractivity (Wildman–Crippen MR) is 65.6 cm³/mol. The fourth-order valence-corrected chi connectivity index (χ4v) is 1.50. The Bertz CT molecular complexity index is 372. The third-order valence-electron chi connectivity index (χ3n) is 2.59. The molecule has 0 unspecified atom stereocenters. The third-order valence-corrected chi connectivity index (χ3v) is 2.59. The zero-order valence-electron chi connectivity index (χ0n) is 10.6. The first-order valence-corrected chi connectivity index (χ1v) is 5.69. The highest BCUT2D eigenvalue weighted by Crippen LogP contribution is 2.12. The summed E-state index contributed by atoms with van der Waals surface area (Å²) in [4.78, 5) is 1.98. The average Bonchev–Trinajstić information content (AvgIpc) is 2.18. The van der Waals surface area contributed by atoms with Gasteiger partial charge in [0.2, 0.25) is 0 Å². The van der Waals surface area contributed by atoms with Crippen LogP contribution in [-0.2, 0) is 6.54 Å². The molecular weight excluding hydrogens is 222 g/mol. The molecule has 0 aliphatic heterocycles. The molecule has 0 heterocycles. The lowest BCUT2D eigenvalue weighted by molar-refractivity contribution is 0.285. The Labute approximate surface area is 101 Å². The Morgan fingerprint density at radius 3 is 2.47 bits per heavy atom. The molecule has 96 valence electrons. The maximum Gasteiger partial charge on any atom is 0.130 e. The van der Waals surface area contributed by atoms with E-state index in [9.17, 15) is 8.78 Å². The zero-order valence-corrected chi connectivity index (χ0v) is 10.6. The number of nitrogens with two attached hydrogens (primary N) is 1. The van der Waals surface area contributed by atoms with Crippen LogP contribution in [0.1, 0.15) is 25.8 Å². The molecule has 2 N–H and O–H groups in total. The normalized spacial score (nSPS) is 12.2. The van der Waals surface area contributed by atoms with E-state index in [2.05, 4.69) is 0 Å². The summed E-state index contributed by atoms with van der Waals surface area (Å²) in [5.74, 6) is -1.04. The standard InChI is InChI=1S/C13H20F2N2/c1-13(2,16)6-7-17(3)9-10-4-5-11(14)8-12(10)15/h4-5,8H,6-7,9,16H2,1-3H3. The summed E-state index contributed by atoms with van der Waals surface area (Å²) in [5, 5.41) is 0. The van der Waals surface area contributed by atoms with Gasteiger partial charge in [-0.25, -0.2) is 8.78 Å². The summed E-state index contributed by atoms with van der Waals surface area (Å²) >= 11 is 0. The van der Waals surface area contributed by atoms with Gasteiger partial charge in [0.1, 0.15) is 11.6 Å². The van der Waals surface area contributed by atoms with E-state index < -0.39 is 11.6 Å². The topological polar surface area (TPSA) is 29.3 Å². The van der Waals surface area contributed by atoms with Gasteiger partial charge >= 0.3 is 0 Å². The number of benzene rings is 1. The second-order valence-corrected chi connectivity index (χ2v) is 5.21. The first kappa shape index (κ1) is 14.1. The highest BCUT2D eigenvalue weighted by Gasteiger charge is 2.13. The Kier molecular flexibility index (Phi) is 4.60. The lowest BCUT2D eigenvalue weighted by atomic mass is 10.0. The van der Waals surface area contributed by atoms with Crippen LogP contribution in [0.15, 0.2) is 18.2 Å². The van der Waals surface area contributed by atoms with Crippen LogP contribution in [0.2, 0.25) is 0 Å². The zero-order chi connectivity index (χ0) is 13.1. The molecule has 0 bridgehead atoms. The molecule has 0 saturated heterocycles. The van der Waals surface area contributed by atoms with Crippen molar-refractivity contribution in [3.8, 4) is 0 Å². The largest absolute Gasteiger partial charge is 0.326 e. The average molecular weight is 242 g/mol. The number of rotatable bonds is 5. The molecule has 0 spiro atoms. The Hall–Kier alpha value is -1.00. The van der Waals surface area contributed by atoms with Gasteiger partial charge < -0.3 is 10.6 Å². The minimum atomic E-state index is -0.544. The van der Waals surface area contributed by atoms with Gasteiger partial charge in [-0.15, -0.1) is 0 Å². The van der Waals surface area contributed by atoms with E-state index in [-0.39, 0.29) is 5.54 Å². The van der Waals surface area contributed by atoms with E-state index in [1.807, 2.05) is 25.8 Å². The first-order chi connectivity index (χ1) is 7.78. The van der Waals surface area contributed by atoms with E-state index in [4.69, 9.17) is 5.73 Å². The molecule has 2 nitrogen and oxygen atoms in total. The minimum Gasteiger partial charge on any atom is -0.326 e. The number of hydrogen-bond acceptors (Lipinski definition) is 2. The van der Waals surface area contributed by atoms with Crippen molar-refractivity contribution in [2.45, 2.75) is 32.4 Å². The van der Waals surface area contributed by atoms with Crippen LogP contribution < -0.4 is 5.73 Å². The van der Waals surface area contributed by atoms with Gasteiger partial charge in [-0.05, 0) is 39.9 Å². The fraction of sp³-hybridized carbons (Fsp3) is 0.538. The molecular formula is C13H20F2N2. The van der Waals surface area contributed by atoms with Crippen molar-refractivity contribution in [2.24, 2.45) is 5.73 Å². The quantitative estimate of drug-likeness (QED) is 0.859. The van der Waals surface area contributed by atoms with Crippen molar-refractivity contribution in [3.05, 3.63) is 35.4 Å². The Balaban J connectivity index is 2.53. The van der Waals surface area contributed by atoms with Gasteiger partial charge in [-0.3, -0.25) is 0 Å². The van der Waals surface area contributed by atoms with Crippen LogP contribution in [0.3, 0.4) is 0 Å². The summed E-state index contributed by atoms with van der Waals surface area (Å²) in [5.41, 5.74) is 6.15. The van der Waals surface area contributed by atoms with Crippen LogP contribution in [0.25, 0.3) is 0 Å². The second-order valence-electron chi connectivity index (χ2n) is 5.21. The van der Waals surface area contributed by atoms with Crippen molar-refractivity contribution >= 4 is 0 Å². The molecule has 0 radical (unpaired) electrons. The molecule has 17 heavy (non-hydrogen) atoms. The van der Waals surface area contributed by atoms with Crippen molar-refractivity contribution in [2.75, 3.05) is 13.6 Å². The van der Waals surface area contributed by atoms with E-state index in [0.717, 1.165) is 19.0 Å². The highest BCUT2D eigenvalue weighted by atomic mass is 19.1. The third kappa shape index (κ3) is 5.24. The van der Waals surface area contributed by atoms with Gasteiger partial charge in [0.05, 0.1) is 0 Å². The lowest BCUT2D eigenvalue weighted by Gasteiger charge is -2.23. The maximum atomic E-state index is 13.4. The van der Waals surface area contributed by atoms with Gasteiger partial charge in [0.25, 0.3) is 0 Å².